The molecule has 1 aliphatic rings. The molecular formula is C19H27N3O2. The van der Waals surface area contributed by atoms with Crippen LogP contribution >= 0.6 is 0 Å². The van der Waals surface area contributed by atoms with Gasteiger partial charge in [-0.2, -0.15) is 0 Å². The van der Waals surface area contributed by atoms with Crippen molar-refractivity contribution in [2.24, 2.45) is 5.92 Å². The van der Waals surface area contributed by atoms with Crippen molar-refractivity contribution in [1.82, 2.24) is 14.8 Å². The SMILES string of the molecule is Cc1c(CN(C)C(=O)C(C)CN2CCOCC2)[nH]c2ccccc12. The summed E-state index contributed by atoms with van der Waals surface area (Å²) in [6, 6.07) is 8.27. The normalized spacial score (nSPS) is 17.1. The zero-order valence-electron chi connectivity index (χ0n) is 14.8. The van der Waals surface area contributed by atoms with E-state index in [1.165, 1.54) is 10.9 Å². The van der Waals surface area contributed by atoms with Crippen LogP contribution in [0.5, 0.6) is 0 Å². The molecule has 1 aliphatic heterocycles. The van der Waals surface area contributed by atoms with Crippen molar-refractivity contribution in [3.8, 4) is 0 Å². The van der Waals surface area contributed by atoms with Crippen molar-refractivity contribution in [3.63, 3.8) is 0 Å². The van der Waals surface area contributed by atoms with Crippen LogP contribution in [-0.4, -0.2) is 60.6 Å². The number of ether oxygens (including phenoxy) is 1. The molecule has 1 fully saturated rings. The summed E-state index contributed by atoms with van der Waals surface area (Å²) >= 11 is 0. The first-order chi connectivity index (χ1) is 11.6. The Morgan fingerprint density at radius 3 is 2.75 bits per heavy atom. The number of amides is 1. The van der Waals surface area contributed by atoms with Gasteiger partial charge in [-0.1, -0.05) is 25.1 Å². The van der Waals surface area contributed by atoms with Crippen molar-refractivity contribution in [1.29, 1.82) is 0 Å². The van der Waals surface area contributed by atoms with Crippen LogP contribution in [0.3, 0.4) is 0 Å². The number of para-hydroxylation sites is 1. The van der Waals surface area contributed by atoms with Gasteiger partial charge in [0, 0.05) is 49.2 Å². The average molecular weight is 329 g/mol. The largest absolute Gasteiger partial charge is 0.379 e. The number of hydrogen-bond acceptors (Lipinski definition) is 3. The zero-order chi connectivity index (χ0) is 17.1. The molecule has 0 saturated carbocycles. The van der Waals surface area contributed by atoms with Gasteiger partial charge in [0.25, 0.3) is 0 Å². The summed E-state index contributed by atoms with van der Waals surface area (Å²) in [7, 11) is 1.89. The molecule has 0 spiro atoms. The summed E-state index contributed by atoms with van der Waals surface area (Å²) in [5.74, 6) is 0.192. The third kappa shape index (κ3) is 3.62. The number of hydrogen-bond donors (Lipinski definition) is 1. The summed E-state index contributed by atoms with van der Waals surface area (Å²) in [6.07, 6.45) is 0. The van der Waals surface area contributed by atoms with Gasteiger partial charge in [-0.05, 0) is 18.6 Å². The molecule has 1 saturated heterocycles. The number of nitrogens with zero attached hydrogens (tertiary/aromatic N) is 2. The first-order valence-corrected chi connectivity index (χ1v) is 8.67. The predicted octanol–water partition coefficient (Wildman–Crippen LogP) is 2.40. The first-order valence-electron chi connectivity index (χ1n) is 8.67. The van der Waals surface area contributed by atoms with E-state index in [1.807, 2.05) is 31.0 Å². The number of benzene rings is 1. The van der Waals surface area contributed by atoms with Gasteiger partial charge in [0.15, 0.2) is 0 Å². The second-order valence-corrected chi connectivity index (χ2v) is 6.78. The monoisotopic (exact) mass is 329 g/mol. The molecule has 1 amide bonds. The van der Waals surface area contributed by atoms with E-state index in [0.29, 0.717) is 6.54 Å². The van der Waals surface area contributed by atoms with Gasteiger partial charge in [0.1, 0.15) is 0 Å². The number of fused-ring (bicyclic) bond motifs is 1. The van der Waals surface area contributed by atoms with Crippen molar-refractivity contribution in [2.45, 2.75) is 20.4 Å². The molecule has 3 rings (SSSR count). The lowest BCUT2D eigenvalue weighted by molar-refractivity contribution is -0.135. The Hall–Kier alpha value is -1.85. The molecule has 24 heavy (non-hydrogen) atoms. The van der Waals surface area contributed by atoms with Crippen LogP contribution in [0.1, 0.15) is 18.2 Å². The predicted molar refractivity (Wildman–Crippen MR) is 95.9 cm³/mol. The minimum Gasteiger partial charge on any atom is -0.379 e. The Kier molecular flexibility index (Phi) is 5.21. The number of aromatic amines is 1. The summed E-state index contributed by atoms with van der Waals surface area (Å²) in [6.45, 7) is 8.93. The minimum atomic E-state index is -0.00205. The third-order valence-corrected chi connectivity index (χ3v) is 4.90. The number of rotatable bonds is 5. The Bertz CT molecular complexity index is 704. The molecule has 5 nitrogen and oxygen atoms in total. The van der Waals surface area contributed by atoms with Crippen LogP contribution in [0.4, 0.5) is 0 Å². The maximum absolute atomic E-state index is 12.7. The highest BCUT2D eigenvalue weighted by molar-refractivity contribution is 5.84. The van der Waals surface area contributed by atoms with E-state index >= 15 is 0 Å². The standard InChI is InChI=1S/C19H27N3O2/c1-14(12-22-8-10-24-11-9-22)19(23)21(3)13-18-15(2)16-6-4-5-7-17(16)20-18/h4-7,14,20H,8-13H2,1-3H3. The van der Waals surface area contributed by atoms with Gasteiger partial charge >= 0.3 is 0 Å². The molecule has 1 N–H and O–H groups in total. The maximum atomic E-state index is 12.7. The highest BCUT2D eigenvalue weighted by Crippen LogP contribution is 2.22. The molecule has 0 radical (unpaired) electrons. The minimum absolute atomic E-state index is 0.00205. The summed E-state index contributed by atoms with van der Waals surface area (Å²) in [5, 5.41) is 1.23. The molecule has 5 heteroatoms. The van der Waals surface area contributed by atoms with Gasteiger partial charge in [-0.15, -0.1) is 0 Å². The first kappa shape index (κ1) is 17.0. The highest BCUT2D eigenvalue weighted by Gasteiger charge is 2.22. The van der Waals surface area contributed by atoms with E-state index in [9.17, 15) is 4.79 Å². The van der Waals surface area contributed by atoms with Crippen LogP contribution in [0.25, 0.3) is 10.9 Å². The molecule has 1 aromatic heterocycles. The molecule has 1 aromatic carbocycles. The molecule has 2 heterocycles. The Morgan fingerprint density at radius 2 is 2.04 bits per heavy atom. The Morgan fingerprint density at radius 1 is 1.33 bits per heavy atom. The molecule has 2 aromatic rings. The van der Waals surface area contributed by atoms with E-state index in [4.69, 9.17) is 4.74 Å². The quantitative estimate of drug-likeness (QED) is 0.916. The number of nitrogens with one attached hydrogen (secondary N) is 1. The lowest BCUT2D eigenvalue weighted by Gasteiger charge is -2.30. The van der Waals surface area contributed by atoms with Crippen LogP contribution < -0.4 is 0 Å². The smallest absolute Gasteiger partial charge is 0.226 e. The lowest BCUT2D eigenvalue weighted by Crippen LogP contribution is -2.43. The zero-order valence-corrected chi connectivity index (χ0v) is 14.8. The number of carbonyl (C=O) groups excluding carboxylic acids is 1. The fourth-order valence-electron chi connectivity index (χ4n) is 3.44. The highest BCUT2D eigenvalue weighted by atomic mass is 16.5. The topological polar surface area (TPSA) is 48.6 Å². The summed E-state index contributed by atoms with van der Waals surface area (Å²) < 4.78 is 5.37. The van der Waals surface area contributed by atoms with Crippen LogP contribution in [-0.2, 0) is 16.1 Å². The maximum Gasteiger partial charge on any atom is 0.226 e. The average Bonchev–Trinajstić information content (AvgIpc) is 2.91. The van der Waals surface area contributed by atoms with E-state index < -0.39 is 0 Å². The van der Waals surface area contributed by atoms with Crippen LogP contribution in [0.2, 0.25) is 0 Å². The van der Waals surface area contributed by atoms with Crippen LogP contribution in [0.15, 0.2) is 24.3 Å². The van der Waals surface area contributed by atoms with Crippen molar-refractivity contribution < 1.29 is 9.53 Å². The van der Waals surface area contributed by atoms with E-state index in [2.05, 4.69) is 28.9 Å². The van der Waals surface area contributed by atoms with Gasteiger partial charge in [-0.25, -0.2) is 0 Å². The molecule has 0 aliphatic carbocycles. The van der Waals surface area contributed by atoms with E-state index in [0.717, 1.165) is 44.1 Å². The molecular weight excluding hydrogens is 302 g/mol. The fraction of sp³-hybridized carbons (Fsp3) is 0.526. The second kappa shape index (κ2) is 7.36. The fourth-order valence-corrected chi connectivity index (χ4v) is 3.44. The van der Waals surface area contributed by atoms with Gasteiger partial charge < -0.3 is 14.6 Å². The van der Waals surface area contributed by atoms with Crippen LogP contribution in [0, 0.1) is 12.8 Å². The second-order valence-electron chi connectivity index (χ2n) is 6.78. The number of aryl methyl sites for hydroxylation is 1. The van der Waals surface area contributed by atoms with Crippen molar-refractivity contribution in [3.05, 3.63) is 35.5 Å². The molecule has 0 bridgehead atoms. The van der Waals surface area contributed by atoms with Gasteiger partial charge in [0.2, 0.25) is 5.91 Å². The van der Waals surface area contributed by atoms with Gasteiger partial charge in [0.05, 0.1) is 19.8 Å². The molecule has 1 unspecified atom stereocenters. The summed E-state index contributed by atoms with van der Waals surface area (Å²) in [4.78, 5) is 20.3. The summed E-state index contributed by atoms with van der Waals surface area (Å²) in [5.41, 5.74) is 3.48. The number of morpholine rings is 1. The number of aromatic nitrogens is 1. The van der Waals surface area contributed by atoms with Crippen molar-refractivity contribution >= 4 is 16.8 Å². The lowest BCUT2D eigenvalue weighted by atomic mass is 10.1. The molecule has 130 valence electrons. The van der Waals surface area contributed by atoms with E-state index in [1.54, 1.807) is 0 Å². The van der Waals surface area contributed by atoms with Gasteiger partial charge in [-0.3, -0.25) is 9.69 Å². The molecule has 1 atom stereocenters. The number of H-pyrrole nitrogens is 1. The number of carbonyl (C=O) groups is 1. The third-order valence-electron chi connectivity index (χ3n) is 4.90. The van der Waals surface area contributed by atoms with E-state index in [-0.39, 0.29) is 11.8 Å². The van der Waals surface area contributed by atoms with Crippen molar-refractivity contribution in [2.75, 3.05) is 39.9 Å². The Labute approximate surface area is 143 Å². The Balaban J connectivity index is 1.63.